The lowest BCUT2D eigenvalue weighted by Gasteiger charge is -2.10. The molecule has 0 fully saturated rings. The molecule has 2 heterocycles. The van der Waals surface area contributed by atoms with Crippen LogP contribution in [-0.4, -0.2) is 15.1 Å². The Morgan fingerprint density at radius 2 is 1.93 bits per heavy atom. The smallest absolute Gasteiger partial charge is 0.107 e. The van der Waals surface area contributed by atoms with Crippen molar-refractivity contribution in [2.45, 2.75) is 6.10 Å². The van der Waals surface area contributed by atoms with Gasteiger partial charge in [0.1, 0.15) is 6.10 Å². The molecule has 0 saturated heterocycles. The highest BCUT2D eigenvalue weighted by Gasteiger charge is 2.10. The molecule has 0 amide bonds. The van der Waals surface area contributed by atoms with E-state index in [0.29, 0.717) is 0 Å². The number of rotatable bonds is 2. The van der Waals surface area contributed by atoms with Crippen molar-refractivity contribution in [3.63, 3.8) is 0 Å². The van der Waals surface area contributed by atoms with Crippen LogP contribution in [0.2, 0.25) is 0 Å². The highest BCUT2D eigenvalue weighted by atomic mass is 79.9. The van der Waals surface area contributed by atoms with Gasteiger partial charge in [-0.25, -0.2) is 0 Å². The van der Waals surface area contributed by atoms with Crippen LogP contribution < -0.4 is 0 Å². The summed E-state index contributed by atoms with van der Waals surface area (Å²) in [5, 5.41) is 10.0. The molecule has 1 unspecified atom stereocenters. The van der Waals surface area contributed by atoms with Gasteiger partial charge in [-0.3, -0.25) is 9.97 Å². The van der Waals surface area contributed by atoms with E-state index in [-0.39, 0.29) is 0 Å². The Morgan fingerprint density at radius 1 is 1.13 bits per heavy atom. The molecule has 1 atom stereocenters. The van der Waals surface area contributed by atoms with Crippen LogP contribution in [0.25, 0.3) is 0 Å². The lowest BCUT2D eigenvalue weighted by atomic mass is 10.1. The number of hydrogen-bond acceptors (Lipinski definition) is 3. The van der Waals surface area contributed by atoms with E-state index in [0.717, 1.165) is 15.6 Å². The van der Waals surface area contributed by atoms with Crippen molar-refractivity contribution < 1.29 is 5.11 Å². The third kappa shape index (κ3) is 2.40. The van der Waals surface area contributed by atoms with Crippen molar-refractivity contribution in [1.82, 2.24) is 9.97 Å². The van der Waals surface area contributed by atoms with Crippen molar-refractivity contribution in [3.8, 4) is 0 Å². The van der Waals surface area contributed by atoms with Gasteiger partial charge in [-0.05, 0) is 28.1 Å². The molecule has 0 aromatic carbocycles. The molecule has 76 valence electrons. The van der Waals surface area contributed by atoms with Gasteiger partial charge in [0.25, 0.3) is 0 Å². The summed E-state index contributed by atoms with van der Waals surface area (Å²) < 4.78 is 0.850. The Kier molecular flexibility index (Phi) is 3.08. The normalized spacial score (nSPS) is 12.4. The predicted octanol–water partition coefficient (Wildman–Crippen LogP) is 2.32. The average Bonchev–Trinajstić information content (AvgIpc) is 2.29. The zero-order chi connectivity index (χ0) is 10.7. The van der Waals surface area contributed by atoms with Gasteiger partial charge in [0.05, 0.1) is 0 Å². The second-order valence-electron chi connectivity index (χ2n) is 3.13. The van der Waals surface area contributed by atoms with Crippen LogP contribution in [0.3, 0.4) is 0 Å². The topological polar surface area (TPSA) is 46.0 Å². The summed E-state index contributed by atoms with van der Waals surface area (Å²) in [5.74, 6) is 0. The van der Waals surface area contributed by atoms with Crippen LogP contribution >= 0.6 is 15.9 Å². The van der Waals surface area contributed by atoms with Crippen LogP contribution in [0.5, 0.6) is 0 Å². The Hall–Kier alpha value is -1.26. The first-order valence-electron chi connectivity index (χ1n) is 4.46. The summed E-state index contributed by atoms with van der Waals surface area (Å²) in [6, 6.07) is 5.47. The molecule has 0 radical (unpaired) electrons. The zero-order valence-corrected chi connectivity index (χ0v) is 9.42. The molecule has 2 aromatic rings. The van der Waals surface area contributed by atoms with Gasteiger partial charge in [-0.15, -0.1) is 0 Å². The molecule has 0 aliphatic heterocycles. The quantitative estimate of drug-likeness (QED) is 0.906. The van der Waals surface area contributed by atoms with Gasteiger partial charge in [-0.1, -0.05) is 6.07 Å². The molecule has 2 aromatic heterocycles. The van der Waals surface area contributed by atoms with Crippen molar-refractivity contribution in [2.75, 3.05) is 0 Å². The van der Waals surface area contributed by atoms with E-state index in [1.807, 2.05) is 12.1 Å². The van der Waals surface area contributed by atoms with Gasteiger partial charge in [0.2, 0.25) is 0 Å². The summed E-state index contributed by atoms with van der Waals surface area (Å²) in [7, 11) is 0. The third-order valence-electron chi connectivity index (χ3n) is 2.04. The minimum Gasteiger partial charge on any atom is -0.384 e. The average molecular weight is 265 g/mol. The first-order valence-corrected chi connectivity index (χ1v) is 5.25. The van der Waals surface area contributed by atoms with Crippen LogP contribution in [0.4, 0.5) is 0 Å². The number of aliphatic hydroxyl groups excluding tert-OH is 1. The summed E-state index contributed by atoms with van der Waals surface area (Å²) in [4.78, 5) is 7.97. The number of hydrogen-bond donors (Lipinski definition) is 1. The molecule has 2 rings (SSSR count). The number of aromatic nitrogens is 2. The fourth-order valence-corrected chi connectivity index (χ4v) is 1.69. The van der Waals surface area contributed by atoms with E-state index in [9.17, 15) is 5.11 Å². The molecular formula is C11H9BrN2O. The summed E-state index contributed by atoms with van der Waals surface area (Å²) >= 11 is 3.31. The highest BCUT2D eigenvalue weighted by molar-refractivity contribution is 9.10. The minimum absolute atomic E-state index is 0.677. The largest absolute Gasteiger partial charge is 0.384 e. The molecule has 0 bridgehead atoms. The zero-order valence-electron chi connectivity index (χ0n) is 7.84. The number of aliphatic hydroxyl groups is 1. The Morgan fingerprint density at radius 3 is 2.60 bits per heavy atom. The molecule has 4 heteroatoms. The first kappa shape index (κ1) is 10.3. The van der Waals surface area contributed by atoms with Gasteiger partial charge in [-0.2, -0.15) is 0 Å². The molecule has 0 aliphatic carbocycles. The van der Waals surface area contributed by atoms with Gasteiger partial charge in [0.15, 0.2) is 0 Å². The van der Waals surface area contributed by atoms with Crippen molar-refractivity contribution in [1.29, 1.82) is 0 Å². The van der Waals surface area contributed by atoms with Crippen LogP contribution in [-0.2, 0) is 0 Å². The molecular weight excluding hydrogens is 256 g/mol. The molecule has 3 nitrogen and oxygen atoms in total. The standard InChI is InChI=1S/C11H9BrN2O/c12-10-4-9(6-14-7-10)11(15)8-2-1-3-13-5-8/h1-7,11,15H. The Labute approximate surface area is 96.0 Å². The maximum atomic E-state index is 10.0. The molecule has 15 heavy (non-hydrogen) atoms. The minimum atomic E-state index is -0.677. The van der Waals surface area contributed by atoms with Crippen molar-refractivity contribution in [2.24, 2.45) is 0 Å². The fraction of sp³-hybridized carbons (Fsp3) is 0.0909. The lowest BCUT2D eigenvalue weighted by molar-refractivity contribution is 0.219. The first-order chi connectivity index (χ1) is 7.27. The maximum Gasteiger partial charge on any atom is 0.107 e. The number of pyridine rings is 2. The van der Waals surface area contributed by atoms with Crippen molar-refractivity contribution >= 4 is 15.9 Å². The van der Waals surface area contributed by atoms with Crippen LogP contribution in [0.1, 0.15) is 17.2 Å². The Balaban J connectivity index is 2.32. The van der Waals surface area contributed by atoms with E-state index in [1.165, 1.54) is 0 Å². The van der Waals surface area contributed by atoms with Crippen molar-refractivity contribution in [3.05, 3.63) is 58.6 Å². The van der Waals surface area contributed by atoms with E-state index in [2.05, 4.69) is 25.9 Å². The van der Waals surface area contributed by atoms with Crippen LogP contribution in [0.15, 0.2) is 47.5 Å². The summed E-state index contributed by atoms with van der Waals surface area (Å²) in [6.45, 7) is 0. The van der Waals surface area contributed by atoms with Gasteiger partial charge in [0, 0.05) is 40.4 Å². The fourth-order valence-electron chi connectivity index (χ4n) is 1.31. The Bertz CT molecular complexity index is 447. The van der Waals surface area contributed by atoms with E-state index < -0.39 is 6.10 Å². The molecule has 0 spiro atoms. The van der Waals surface area contributed by atoms with E-state index >= 15 is 0 Å². The number of nitrogens with zero attached hydrogens (tertiary/aromatic N) is 2. The second-order valence-corrected chi connectivity index (χ2v) is 4.04. The van der Waals surface area contributed by atoms with Gasteiger partial charge < -0.3 is 5.11 Å². The monoisotopic (exact) mass is 264 g/mol. The summed E-state index contributed by atoms with van der Waals surface area (Å²) in [6.07, 6.45) is 5.96. The van der Waals surface area contributed by atoms with Crippen LogP contribution in [0, 0.1) is 0 Å². The molecule has 0 aliphatic rings. The highest BCUT2D eigenvalue weighted by Crippen LogP contribution is 2.22. The molecule has 1 N–H and O–H groups in total. The SMILES string of the molecule is OC(c1cccnc1)c1cncc(Br)c1. The predicted molar refractivity (Wildman–Crippen MR) is 60.2 cm³/mol. The van der Waals surface area contributed by atoms with E-state index in [1.54, 1.807) is 30.9 Å². The second kappa shape index (κ2) is 4.51. The van der Waals surface area contributed by atoms with Gasteiger partial charge >= 0.3 is 0 Å². The third-order valence-corrected chi connectivity index (χ3v) is 2.48. The summed E-state index contributed by atoms with van der Waals surface area (Å²) in [5.41, 5.74) is 1.51. The van der Waals surface area contributed by atoms with E-state index in [4.69, 9.17) is 0 Å². The molecule has 0 saturated carbocycles. The lowest BCUT2D eigenvalue weighted by Crippen LogP contribution is -2.00. The maximum absolute atomic E-state index is 10.0. The number of halogens is 1.